The summed E-state index contributed by atoms with van der Waals surface area (Å²) in [5.41, 5.74) is 34.1. The van der Waals surface area contributed by atoms with Gasteiger partial charge >= 0.3 is 0 Å². The Kier molecular flexibility index (Phi) is 852. The zero-order chi connectivity index (χ0) is 76.1. The number of benzene rings is 2. The number of aryl methyl sites for hydroxylation is 1. The summed E-state index contributed by atoms with van der Waals surface area (Å²) in [6, 6.07) is 20.5. The molecule has 2 aromatic carbocycles. The van der Waals surface area contributed by atoms with E-state index in [4.69, 9.17) is 57.8 Å². The molecule has 25 nitrogen and oxygen atoms in total. The quantitative estimate of drug-likeness (QED) is 0.135. The largest absolute Gasteiger partial charge is 0.394 e. The number of carbonyl (C=O) groups is 12. The van der Waals surface area contributed by atoms with E-state index in [2.05, 4.69) is 140 Å². The lowest BCUT2D eigenvalue weighted by atomic mass is 10.1. The lowest BCUT2D eigenvalue weighted by Gasteiger charge is -2.24. The molecule has 27 N–H and O–H groups in total. The maximum atomic E-state index is 10.7. The molecule has 0 aromatic heterocycles. The SMILES string of the molecule is C=Cc1ccccc1.C=O.C=O.C=O.C=O.C=O.C=O.C=O.C=O.C=O.C=O.C=O.CC.CC.CC.CC(=O)N1CCCCC1.CC(C)C.CC(C)O.CCC(C)C.CCC(C)C.CCc1ccccc1.CN.CN.CN.CN.CN.CN.CN.N.N.N.N. The highest BCUT2D eigenvalue weighted by Gasteiger charge is 2.11. The Morgan fingerprint density at radius 1 is 0.416 bits per heavy atom. The first kappa shape index (κ1) is 191. The lowest BCUT2D eigenvalue weighted by molar-refractivity contribution is -0.129. The van der Waals surface area contributed by atoms with E-state index in [0.717, 1.165) is 37.3 Å². The molecular formula is C64H160N12O13. The summed E-state index contributed by atoms with van der Waals surface area (Å²) in [6.07, 6.45) is 9.10. The molecule has 89 heavy (non-hydrogen) atoms. The molecular weight excluding hydrogens is 1140 g/mol. The van der Waals surface area contributed by atoms with Gasteiger partial charge in [-0.15, -0.1) is 0 Å². The average molecular weight is 1310 g/mol. The number of likely N-dealkylation sites (tertiary alicyclic amines) is 1. The van der Waals surface area contributed by atoms with E-state index in [1.807, 2.05) is 164 Å². The fourth-order valence-electron chi connectivity index (χ4n) is 2.51. The highest BCUT2D eigenvalue weighted by Crippen LogP contribution is 2.07. The van der Waals surface area contributed by atoms with Crippen LogP contribution in [0.3, 0.4) is 0 Å². The summed E-state index contributed by atoms with van der Waals surface area (Å²) in [5.74, 6) is 2.83. The standard InChI is InChI=1S/C8H10.C8H8.C7H13NO.2C5H12.C4H10.C3H8O.3C2H6.7CH5N.11CH2O.4H3N/c2*1-2-8-6-4-3-5-7-8;1-7(9)8-5-3-2-4-6-8;2*1-4-5(2)3;1-4(2)3;1-3(2)4;21*1-2;;;;/h3-7H,2H2,1H3;2-7H,1H2;2-6H2,1H3;2*5H,4H2,1-3H3;4H,1-3H3;3-4H,1-2H3;3*1-2H3;7*2H2,1H3;11*1H2;4*1H3. The van der Waals surface area contributed by atoms with Gasteiger partial charge in [0.25, 0.3) is 0 Å². The molecule has 1 fully saturated rings. The smallest absolute Gasteiger partial charge is 0.219 e. The number of carbonyl (C=O) groups excluding carboxylic acids is 12. The second-order valence-corrected chi connectivity index (χ2v) is 12.5. The van der Waals surface area contributed by atoms with Crippen LogP contribution in [0.1, 0.15) is 175 Å². The van der Waals surface area contributed by atoms with Crippen molar-refractivity contribution in [3.8, 4) is 0 Å². The zero-order valence-electron chi connectivity index (χ0n) is 63.0. The number of hydrogen-bond donors (Lipinski definition) is 12. The van der Waals surface area contributed by atoms with Crippen molar-refractivity contribution in [2.24, 2.45) is 57.9 Å². The van der Waals surface area contributed by atoms with E-state index in [1.54, 1.807) is 20.8 Å². The third-order valence-corrected chi connectivity index (χ3v) is 5.72. The van der Waals surface area contributed by atoms with Crippen molar-refractivity contribution in [2.75, 3.05) is 62.4 Å². The first-order valence-electron chi connectivity index (χ1n) is 27.0. The minimum atomic E-state index is -0.167. The van der Waals surface area contributed by atoms with Crippen molar-refractivity contribution in [3.05, 3.63) is 78.4 Å². The van der Waals surface area contributed by atoms with E-state index >= 15 is 0 Å². The summed E-state index contributed by atoms with van der Waals surface area (Å²) in [7, 11) is 10.5. The molecule has 0 radical (unpaired) electrons. The summed E-state index contributed by atoms with van der Waals surface area (Å²) in [6.45, 7) is 66.6. The molecule has 0 unspecified atom stereocenters. The topological polar surface area (TPSA) is 550 Å². The van der Waals surface area contributed by atoms with Crippen molar-refractivity contribution in [1.29, 1.82) is 0 Å². The van der Waals surface area contributed by atoms with Crippen LogP contribution in [-0.2, 0) is 64.0 Å². The van der Waals surface area contributed by atoms with Crippen LogP contribution in [0.15, 0.2) is 67.2 Å². The molecule has 25 heteroatoms. The van der Waals surface area contributed by atoms with Crippen molar-refractivity contribution in [1.82, 2.24) is 29.5 Å². The Hall–Kier alpha value is -6.46. The number of hydrogen-bond acceptors (Lipinski definition) is 24. The van der Waals surface area contributed by atoms with E-state index in [0.29, 0.717) is 0 Å². The molecule has 0 bridgehead atoms. The molecule has 1 aliphatic heterocycles. The van der Waals surface area contributed by atoms with E-state index in [-0.39, 0.29) is 36.6 Å². The minimum absolute atomic E-state index is 0. The van der Waals surface area contributed by atoms with Gasteiger partial charge in [-0.25, -0.2) is 0 Å². The number of rotatable bonds is 4. The normalized spacial score (nSPS) is 6.65. The number of piperidine rings is 1. The van der Waals surface area contributed by atoms with E-state index < -0.39 is 0 Å². The summed E-state index contributed by atoms with van der Waals surface area (Å²) in [5, 5.41) is 8.06. The fraction of sp³-hybridized carbons (Fsp3) is 0.594. The van der Waals surface area contributed by atoms with Crippen LogP contribution in [0.25, 0.3) is 6.08 Å². The van der Waals surface area contributed by atoms with Gasteiger partial charge in [-0.1, -0.05) is 197 Å². The van der Waals surface area contributed by atoms with Crippen LogP contribution in [-0.4, -0.2) is 159 Å². The molecule has 0 saturated carbocycles. The minimum Gasteiger partial charge on any atom is -0.394 e. The van der Waals surface area contributed by atoms with Crippen molar-refractivity contribution >= 4 is 86.7 Å². The third-order valence-electron chi connectivity index (χ3n) is 5.72. The third kappa shape index (κ3) is 591. The molecule has 0 atom stereocenters. The van der Waals surface area contributed by atoms with Crippen molar-refractivity contribution in [3.63, 3.8) is 0 Å². The predicted octanol–water partition coefficient (Wildman–Crippen LogP) is 10.5. The van der Waals surface area contributed by atoms with Crippen molar-refractivity contribution in [2.45, 2.75) is 176 Å². The number of aliphatic hydroxyl groups is 1. The second-order valence-electron chi connectivity index (χ2n) is 12.5. The number of nitrogens with two attached hydrogens (primary N) is 7. The molecule has 0 spiro atoms. The van der Waals surface area contributed by atoms with Gasteiger partial charge in [0.2, 0.25) is 5.91 Å². The molecule has 1 saturated heterocycles. The molecule has 1 heterocycles. The van der Waals surface area contributed by atoms with Crippen LogP contribution >= 0.6 is 0 Å². The zero-order valence-corrected chi connectivity index (χ0v) is 63.0. The highest BCUT2D eigenvalue weighted by molar-refractivity contribution is 5.73. The van der Waals surface area contributed by atoms with Gasteiger partial charge < -0.3 is 127 Å². The molecule has 1 amide bonds. The monoisotopic (exact) mass is 1310 g/mol. The van der Waals surface area contributed by atoms with Crippen LogP contribution in [0.5, 0.6) is 0 Å². The molecule has 0 aliphatic carbocycles. The van der Waals surface area contributed by atoms with Crippen molar-refractivity contribution < 1.29 is 62.6 Å². The number of amides is 1. The fourth-order valence-corrected chi connectivity index (χ4v) is 2.51. The Bertz CT molecular complexity index is 986. The maximum Gasteiger partial charge on any atom is 0.219 e. The highest BCUT2D eigenvalue weighted by atomic mass is 16.3. The predicted molar refractivity (Wildman–Crippen MR) is 400 cm³/mol. The van der Waals surface area contributed by atoms with Gasteiger partial charge in [0, 0.05) is 26.1 Å². The molecule has 1 aliphatic rings. The van der Waals surface area contributed by atoms with Gasteiger partial charge in [-0.05, 0) is 118 Å². The van der Waals surface area contributed by atoms with Crippen LogP contribution in [0.4, 0.5) is 0 Å². The Morgan fingerprint density at radius 2 is 0.573 bits per heavy atom. The Morgan fingerprint density at radius 3 is 0.663 bits per heavy atom. The van der Waals surface area contributed by atoms with Crippen LogP contribution < -0.4 is 64.7 Å². The van der Waals surface area contributed by atoms with Gasteiger partial charge in [-0.3, -0.25) is 4.79 Å². The summed E-state index contributed by atoms with van der Waals surface area (Å²) < 4.78 is 0. The van der Waals surface area contributed by atoms with E-state index in [1.165, 1.54) is 92.6 Å². The van der Waals surface area contributed by atoms with Gasteiger partial charge in [0.1, 0.15) is 74.7 Å². The second kappa shape index (κ2) is 396. The van der Waals surface area contributed by atoms with E-state index in [9.17, 15) is 4.79 Å². The van der Waals surface area contributed by atoms with Crippen LogP contribution in [0.2, 0.25) is 0 Å². The maximum absolute atomic E-state index is 10.7. The van der Waals surface area contributed by atoms with Gasteiger partial charge in [0.05, 0.1) is 0 Å². The molecule has 2 aromatic rings. The number of aliphatic hydroxyl groups excluding tert-OH is 1. The Balaban J connectivity index is -0.0000000159. The first-order valence-corrected chi connectivity index (χ1v) is 27.0. The van der Waals surface area contributed by atoms with Gasteiger partial charge in [-0.2, -0.15) is 0 Å². The molecule has 554 valence electrons. The molecule has 3 rings (SSSR count). The Labute approximate surface area is 551 Å². The van der Waals surface area contributed by atoms with Crippen LogP contribution in [0, 0.1) is 17.8 Å². The summed E-state index contributed by atoms with van der Waals surface area (Å²) in [4.78, 5) is 101. The first-order chi connectivity index (χ1) is 41.2. The summed E-state index contributed by atoms with van der Waals surface area (Å²) >= 11 is 0. The number of nitrogens with zero attached hydrogens (tertiary/aromatic N) is 1. The van der Waals surface area contributed by atoms with Gasteiger partial charge in [0.15, 0.2) is 0 Å². The average Bonchev–Trinajstić information content (AvgIpc) is 3.63. The lowest BCUT2D eigenvalue weighted by Crippen LogP contribution is -2.33.